The maximum Gasteiger partial charge on any atom is 0.417 e. The van der Waals surface area contributed by atoms with Crippen molar-refractivity contribution >= 4 is 45.5 Å². The molecule has 4 nitrogen and oxygen atoms in total. The van der Waals surface area contributed by atoms with Gasteiger partial charge < -0.3 is 4.57 Å². The Morgan fingerprint density at radius 3 is 2.62 bits per heavy atom. The van der Waals surface area contributed by atoms with E-state index in [0.717, 1.165) is 26.5 Å². The van der Waals surface area contributed by atoms with Crippen molar-refractivity contribution in [3.8, 4) is 11.5 Å². The van der Waals surface area contributed by atoms with Crippen LogP contribution in [-0.4, -0.2) is 25.3 Å². The number of hydrogen-bond acceptors (Lipinski definition) is 4. The highest BCUT2D eigenvalue weighted by Crippen LogP contribution is 2.34. The van der Waals surface area contributed by atoms with Crippen molar-refractivity contribution in [1.82, 2.24) is 19.5 Å². The highest BCUT2D eigenvalue weighted by molar-refractivity contribution is 14.1. The van der Waals surface area contributed by atoms with Crippen LogP contribution in [0.2, 0.25) is 0 Å². The predicted octanol–water partition coefficient (Wildman–Crippen LogP) is 4.77. The molecule has 0 atom stereocenters. The van der Waals surface area contributed by atoms with E-state index >= 15 is 0 Å². The molecule has 126 valence electrons. The molecule has 9 heteroatoms. The van der Waals surface area contributed by atoms with E-state index in [1.54, 1.807) is 29.6 Å². The first-order valence-corrected chi connectivity index (χ1v) is 9.06. The maximum atomic E-state index is 12.9. The van der Waals surface area contributed by atoms with E-state index in [0.29, 0.717) is 17.2 Å². The van der Waals surface area contributed by atoms with Crippen LogP contribution in [0.15, 0.2) is 29.4 Å². The summed E-state index contributed by atoms with van der Waals surface area (Å²) in [5, 5.41) is 0. The van der Waals surface area contributed by atoms with Gasteiger partial charge >= 0.3 is 6.18 Å². The topological polar surface area (TPSA) is 43.6 Å². The van der Waals surface area contributed by atoms with Gasteiger partial charge in [-0.2, -0.15) is 13.2 Å². The first kappa shape index (κ1) is 17.5. The molecule has 0 aliphatic heterocycles. The summed E-state index contributed by atoms with van der Waals surface area (Å²) in [6.45, 7) is 2.03. The number of alkyl halides is 3. The molecule has 0 spiro atoms. The molecule has 0 radical (unpaired) electrons. The van der Waals surface area contributed by atoms with E-state index < -0.39 is 11.7 Å². The SMILES string of the molecule is CCSc1cc(I)cnc1-c1nc2cc(C(F)(F)F)cnc2n1C. The minimum absolute atomic E-state index is 0.204. The van der Waals surface area contributed by atoms with Crippen LogP contribution in [0, 0.1) is 3.57 Å². The van der Waals surface area contributed by atoms with Gasteiger partial charge in [-0.3, -0.25) is 4.98 Å². The van der Waals surface area contributed by atoms with Gasteiger partial charge in [-0.05, 0) is 40.5 Å². The largest absolute Gasteiger partial charge is 0.417 e. The number of thioether (sulfide) groups is 1. The van der Waals surface area contributed by atoms with E-state index in [9.17, 15) is 13.2 Å². The van der Waals surface area contributed by atoms with Gasteiger partial charge in [0.05, 0.1) is 5.56 Å². The van der Waals surface area contributed by atoms with Crippen molar-refractivity contribution in [3.05, 3.63) is 33.7 Å². The molecular formula is C15H12F3IN4S. The molecule has 0 aliphatic carbocycles. The first-order valence-electron chi connectivity index (χ1n) is 6.99. The summed E-state index contributed by atoms with van der Waals surface area (Å²) in [5.41, 5.74) is 0.440. The Balaban J connectivity index is 2.19. The van der Waals surface area contributed by atoms with E-state index in [2.05, 4.69) is 37.5 Å². The van der Waals surface area contributed by atoms with Crippen molar-refractivity contribution in [2.45, 2.75) is 18.0 Å². The van der Waals surface area contributed by atoms with Crippen LogP contribution in [0.25, 0.3) is 22.7 Å². The molecule has 0 saturated heterocycles. The molecule has 0 amide bonds. The van der Waals surface area contributed by atoms with Gasteiger partial charge in [-0.15, -0.1) is 11.8 Å². The molecule has 0 bridgehead atoms. The Morgan fingerprint density at radius 2 is 1.96 bits per heavy atom. The first-order chi connectivity index (χ1) is 11.3. The number of halogens is 4. The fraction of sp³-hybridized carbons (Fsp3) is 0.267. The zero-order valence-corrected chi connectivity index (χ0v) is 15.7. The van der Waals surface area contributed by atoms with Gasteiger partial charge in [0.1, 0.15) is 11.2 Å². The van der Waals surface area contributed by atoms with Crippen LogP contribution in [-0.2, 0) is 13.2 Å². The van der Waals surface area contributed by atoms with Crippen molar-refractivity contribution in [2.24, 2.45) is 7.05 Å². The predicted molar refractivity (Wildman–Crippen MR) is 95.9 cm³/mol. The van der Waals surface area contributed by atoms with E-state index in [1.807, 2.05) is 13.0 Å². The minimum atomic E-state index is -4.44. The molecule has 3 aromatic heterocycles. The lowest BCUT2D eigenvalue weighted by Crippen LogP contribution is -2.05. The lowest BCUT2D eigenvalue weighted by Gasteiger charge is -2.08. The quantitative estimate of drug-likeness (QED) is 0.414. The highest BCUT2D eigenvalue weighted by atomic mass is 127. The fourth-order valence-electron chi connectivity index (χ4n) is 2.30. The molecule has 24 heavy (non-hydrogen) atoms. The second kappa shape index (κ2) is 6.51. The van der Waals surface area contributed by atoms with E-state index in [1.165, 1.54) is 0 Å². The van der Waals surface area contributed by atoms with Gasteiger partial charge in [0.2, 0.25) is 0 Å². The number of imidazole rings is 1. The van der Waals surface area contributed by atoms with Crippen LogP contribution >= 0.6 is 34.4 Å². The van der Waals surface area contributed by atoms with Crippen molar-refractivity contribution < 1.29 is 13.2 Å². The molecule has 0 aliphatic rings. The average Bonchev–Trinajstić information content (AvgIpc) is 2.83. The zero-order valence-electron chi connectivity index (χ0n) is 12.7. The summed E-state index contributed by atoms with van der Waals surface area (Å²) < 4.78 is 41.3. The highest BCUT2D eigenvalue weighted by Gasteiger charge is 2.32. The monoisotopic (exact) mass is 464 g/mol. The molecule has 3 rings (SSSR count). The van der Waals surface area contributed by atoms with Crippen LogP contribution in [0.5, 0.6) is 0 Å². The van der Waals surface area contributed by atoms with Crippen LogP contribution < -0.4 is 0 Å². The third-order valence-electron chi connectivity index (χ3n) is 3.37. The number of fused-ring (bicyclic) bond motifs is 1. The Labute approximate surface area is 154 Å². The number of nitrogens with zero attached hydrogens (tertiary/aromatic N) is 4. The molecule has 3 aromatic rings. The number of aryl methyl sites for hydroxylation is 1. The van der Waals surface area contributed by atoms with Gasteiger partial charge in [0.15, 0.2) is 11.5 Å². The van der Waals surface area contributed by atoms with Gasteiger partial charge in [-0.25, -0.2) is 9.97 Å². The maximum absolute atomic E-state index is 12.9. The normalized spacial score (nSPS) is 12.1. The Bertz CT molecular complexity index is 908. The molecule has 0 saturated carbocycles. The van der Waals surface area contributed by atoms with Crippen LogP contribution in [0.1, 0.15) is 12.5 Å². The Morgan fingerprint density at radius 1 is 1.21 bits per heavy atom. The molecule has 0 unspecified atom stereocenters. The van der Waals surface area contributed by atoms with Crippen molar-refractivity contribution in [2.75, 3.05) is 5.75 Å². The van der Waals surface area contributed by atoms with Crippen molar-refractivity contribution in [3.63, 3.8) is 0 Å². The lowest BCUT2D eigenvalue weighted by molar-refractivity contribution is -0.137. The summed E-state index contributed by atoms with van der Waals surface area (Å²) in [6, 6.07) is 3.01. The molecular weight excluding hydrogens is 452 g/mol. The number of hydrogen-bond donors (Lipinski definition) is 0. The van der Waals surface area contributed by atoms with E-state index in [-0.39, 0.29) is 5.52 Å². The Hall–Kier alpha value is -1.36. The van der Waals surface area contributed by atoms with Crippen molar-refractivity contribution in [1.29, 1.82) is 0 Å². The van der Waals surface area contributed by atoms with Gasteiger partial charge in [-0.1, -0.05) is 6.92 Å². The number of rotatable bonds is 3. The van der Waals surface area contributed by atoms with Crippen LogP contribution in [0.3, 0.4) is 0 Å². The number of pyridine rings is 2. The van der Waals surface area contributed by atoms with Gasteiger partial charge in [0, 0.05) is 27.9 Å². The smallest absolute Gasteiger partial charge is 0.310 e. The summed E-state index contributed by atoms with van der Waals surface area (Å²) >= 11 is 3.79. The van der Waals surface area contributed by atoms with E-state index in [4.69, 9.17) is 0 Å². The summed E-state index contributed by atoms with van der Waals surface area (Å²) in [5.74, 6) is 1.36. The minimum Gasteiger partial charge on any atom is -0.310 e. The zero-order chi connectivity index (χ0) is 17.5. The fourth-order valence-corrected chi connectivity index (χ4v) is 3.76. The summed E-state index contributed by atoms with van der Waals surface area (Å²) in [7, 11) is 1.73. The third-order valence-corrected chi connectivity index (χ3v) is 4.87. The lowest BCUT2D eigenvalue weighted by atomic mass is 10.2. The molecule has 0 aromatic carbocycles. The molecule has 0 N–H and O–H groups in total. The average molecular weight is 464 g/mol. The summed E-state index contributed by atoms with van der Waals surface area (Å²) in [6.07, 6.45) is -1.90. The number of aromatic nitrogens is 4. The molecule has 3 heterocycles. The summed E-state index contributed by atoms with van der Waals surface area (Å²) in [4.78, 5) is 13.7. The molecule has 0 fully saturated rings. The third kappa shape index (κ3) is 3.23. The second-order valence-electron chi connectivity index (χ2n) is 4.99. The standard InChI is InChI=1S/C15H12F3IN4S/c1-3-24-11-5-9(19)7-20-12(11)14-22-10-4-8(15(16,17)18)6-21-13(10)23(14)2/h4-7H,3H2,1-2H3. The Kier molecular flexibility index (Phi) is 4.73. The van der Waals surface area contributed by atoms with Gasteiger partial charge in [0.25, 0.3) is 0 Å². The van der Waals surface area contributed by atoms with Crippen LogP contribution in [0.4, 0.5) is 13.2 Å². The second-order valence-corrected chi connectivity index (χ2v) is 7.54.